The molecule has 1 saturated heterocycles. The molecule has 402 valence electrons. The summed E-state index contributed by atoms with van der Waals surface area (Å²) in [5.41, 5.74) is 35.5. The number of unbranched alkanes of at least 4 members (excludes halogenated alkanes) is 12. The predicted octanol–water partition coefficient (Wildman–Crippen LogP) is 7.55. The van der Waals surface area contributed by atoms with Crippen LogP contribution in [-0.2, 0) is 24.0 Å². The van der Waals surface area contributed by atoms with Gasteiger partial charge < -0.3 is 38.3 Å². The van der Waals surface area contributed by atoms with E-state index in [1.54, 1.807) is 34.0 Å². The molecule has 2 aromatic heterocycles. The lowest BCUT2D eigenvalue weighted by Gasteiger charge is -2.15. The van der Waals surface area contributed by atoms with Crippen molar-refractivity contribution in [3.05, 3.63) is 48.8 Å². The Labute approximate surface area is 443 Å². The van der Waals surface area contributed by atoms with Gasteiger partial charge in [-0.15, -0.1) is 0 Å². The number of nitrogens with zero attached hydrogens (tertiary/aromatic N) is 3. The summed E-state index contributed by atoms with van der Waals surface area (Å²) in [6, 6.07) is 11.4. The molecule has 0 saturated carbocycles. The van der Waals surface area contributed by atoms with E-state index in [9.17, 15) is 24.0 Å². The van der Waals surface area contributed by atoms with Crippen molar-refractivity contribution in [2.24, 2.45) is 40.1 Å². The van der Waals surface area contributed by atoms with Crippen molar-refractivity contribution in [3.63, 3.8) is 0 Å². The van der Waals surface area contributed by atoms with Crippen LogP contribution in [0.4, 0.5) is 5.82 Å². The van der Waals surface area contributed by atoms with E-state index in [0.29, 0.717) is 36.3 Å². The summed E-state index contributed by atoms with van der Waals surface area (Å²) >= 11 is 2.07. The second kappa shape index (κ2) is 50.2. The number of imide groups is 1. The van der Waals surface area contributed by atoms with Gasteiger partial charge in [-0.2, -0.15) is 0 Å². The second-order valence-corrected chi connectivity index (χ2v) is 22.7. The zero-order chi connectivity index (χ0) is 52.5. The third-order valence-corrected chi connectivity index (χ3v) is 15.3. The van der Waals surface area contributed by atoms with Crippen LogP contribution in [0.15, 0.2) is 53.8 Å². The molecule has 1 fully saturated rings. The van der Waals surface area contributed by atoms with Gasteiger partial charge in [0.25, 0.3) is 0 Å². The van der Waals surface area contributed by atoms with E-state index < -0.39 is 11.4 Å². The lowest BCUT2D eigenvalue weighted by molar-refractivity contribution is -0.132. The topological polar surface area (TPSA) is 333 Å². The minimum atomic E-state index is -1.22. The molecule has 1 aliphatic heterocycles. The molecular weight excluding hydrogens is 1010 g/mol. The quantitative estimate of drug-likeness (QED) is 0.0108. The summed E-state index contributed by atoms with van der Waals surface area (Å²) in [6.07, 6.45) is 23.3. The first-order valence-corrected chi connectivity index (χ1v) is 30.7. The van der Waals surface area contributed by atoms with E-state index in [0.717, 1.165) is 53.4 Å². The van der Waals surface area contributed by atoms with Gasteiger partial charge in [0.15, 0.2) is 5.12 Å². The Kier molecular flexibility index (Phi) is 50.0. The van der Waals surface area contributed by atoms with E-state index in [1.165, 1.54) is 117 Å². The number of hydrogen-bond acceptors (Lipinski definition) is 21. The molecule has 24 heteroatoms. The van der Waals surface area contributed by atoms with Crippen LogP contribution in [0.3, 0.4) is 0 Å². The summed E-state index contributed by atoms with van der Waals surface area (Å²) in [6.45, 7) is 9.08. The molecule has 0 unspecified atom stereocenters. The molecule has 0 radical (unpaired) electrons. The molecule has 0 aliphatic carbocycles. The Bertz CT molecular complexity index is 1550. The standard InChI is InChI=1S/C15H24N2OS2.C12H13N3O3S2.C11H26N4OS2.C7H17N.CH7N3/c1-2-3-4-5-7-11-16-14(18)10-13-19-20-15-9-6-8-12-17-15;16-10-4-5-11(17)15(10)20-12(18)6-8-19-14-9-3-1-2-7-13-9;1-2-3-4-5-6-8-15-10(16)7-9-17-18-11(12,13)14;1-2-3-4-5-6-7-8;2-1(3)4/h6,8-9,12H,2-5,7,10-11,13H2,1H3,(H,16,18);1-3,7H,4-6,8H2,(H,13,14);2-9,12-14H2,1H3,(H,15,16);2-8H2,1H3;1H,2-4H2. The number of carbonyl (C=O) groups excluding carboxylic acids is 5. The van der Waals surface area contributed by atoms with Crippen LogP contribution >= 0.6 is 67.1 Å². The highest BCUT2D eigenvalue weighted by Crippen LogP contribution is 2.29. The highest BCUT2D eigenvalue weighted by Gasteiger charge is 2.31. The third-order valence-electron chi connectivity index (χ3n) is 8.77. The average Bonchev–Trinajstić information content (AvgIpc) is 3.64. The normalized spacial score (nSPS) is 11.8. The number of nitrogens with one attached hydrogen (secondary N) is 3. The molecule has 17 N–H and O–H groups in total. The fraction of sp³-hybridized carbons (Fsp3) is 0.674. The number of pyridine rings is 2. The first kappa shape index (κ1) is 69.7. The van der Waals surface area contributed by atoms with E-state index in [-0.39, 0.29) is 48.0 Å². The van der Waals surface area contributed by atoms with Gasteiger partial charge in [0.2, 0.25) is 28.7 Å². The second-order valence-electron chi connectivity index (χ2n) is 15.6. The lowest BCUT2D eigenvalue weighted by atomic mass is 10.1. The summed E-state index contributed by atoms with van der Waals surface area (Å²) in [5.74, 6) is 2.42. The Morgan fingerprint density at radius 3 is 1.60 bits per heavy atom. The number of aromatic nitrogens is 2. The molecule has 18 nitrogen and oxygen atoms in total. The molecule has 4 amide bonds. The first-order chi connectivity index (χ1) is 33.6. The van der Waals surface area contributed by atoms with Crippen LogP contribution in [0.2, 0.25) is 0 Å². The van der Waals surface area contributed by atoms with Crippen molar-refractivity contribution in [1.82, 2.24) is 24.9 Å². The number of anilines is 1. The molecule has 3 rings (SSSR count). The third kappa shape index (κ3) is 50.6. The van der Waals surface area contributed by atoms with Crippen molar-refractivity contribution in [2.75, 3.05) is 41.6 Å². The van der Waals surface area contributed by atoms with Gasteiger partial charge in [0.1, 0.15) is 17.1 Å². The van der Waals surface area contributed by atoms with Crippen molar-refractivity contribution in [3.8, 4) is 0 Å². The van der Waals surface area contributed by atoms with Gasteiger partial charge in [-0.3, -0.25) is 41.2 Å². The Hall–Kier alpha value is -2.33. The van der Waals surface area contributed by atoms with E-state index >= 15 is 0 Å². The maximum atomic E-state index is 11.7. The lowest BCUT2D eigenvalue weighted by Crippen LogP contribution is -2.54. The monoisotopic (exact) mass is 1090 g/mol. The molecule has 70 heavy (non-hydrogen) atoms. The fourth-order valence-electron chi connectivity index (χ4n) is 5.24. The minimum Gasteiger partial charge on any atom is -0.356 e. The van der Waals surface area contributed by atoms with E-state index in [4.69, 9.17) is 22.9 Å². The molecular formula is C46H87N13O5S6. The van der Waals surface area contributed by atoms with Crippen LogP contribution in [0.5, 0.6) is 0 Å². The predicted molar refractivity (Wildman–Crippen MR) is 303 cm³/mol. The molecule has 0 aromatic carbocycles. The SMILES string of the molecule is CCCCCCCN.CCCCCCCNC(=O)CCSSC(N)(N)N.CCCCCCCNC(=O)CCSSc1ccccn1.NC(N)N.O=C(CCSNc1ccccn1)SN1C(=O)CCC1=O. The van der Waals surface area contributed by atoms with Crippen LogP contribution in [0.1, 0.15) is 149 Å². The largest absolute Gasteiger partial charge is 0.356 e. The molecule has 0 spiro atoms. The molecule has 1 aliphatic rings. The van der Waals surface area contributed by atoms with Crippen molar-refractivity contribution in [2.45, 2.75) is 166 Å². The first-order valence-electron chi connectivity index (χ1n) is 24.3. The van der Waals surface area contributed by atoms with Crippen LogP contribution < -0.4 is 55.5 Å². The van der Waals surface area contributed by atoms with E-state index in [1.807, 2.05) is 36.4 Å². The fourth-order valence-corrected chi connectivity index (χ4v) is 10.3. The summed E-state index contributed by atoms with van der Waals surface area (Å²) in [4.78, 5) is 65.7. The van der Waals surface area contributed by atoms with Crippen LogP contribution in [0, 0.1) is 0 Å². The highest BCUT2D eigenvalue weighted by molar-refractivity contribution is 8.77. The van der Waals surface area contributed by atoms with Crippen molar-refractivity contribution >= 4 is 102 Å². The Morgan fingerprint density at radius 2 is 1.14 bits per heavy atom. The van der Waals surface area contributed by atoms with Gasteiger partial charge >= 0.3 is 0 Å². The van der Waals surface area contributed by atoms with Crippen LogP contribution in [-0.4, -0.2) is 91.3 Å². The maximum Gasteiger partial charge on any atom is 0.240 e. The summed E-state index contributed by atoms with van der Waals surface area (Å²) < 4.78 is 3.98. The number of carbonyl (C=O) groups is 5. The van der Waals surface area contributed by atoms with E-state index in [2.05, 4.69) is 63.3 Å². The summed E-state index contributed by atoms with van der Waals surface area (Å²) in [7, 11) is 5.91. The molecule has 2 aromatic rings. The minimum absolute atomic E-state index is 0.0789. The van der Waals surface area contributed by atoms with Gasteiger partial charge in [-0.05, 0) is 71.7 Å². The number of rotatable bonds is 33. The number of nitrogens with two attached hydrogens (primary N) is 7. The Morgan fingerprint density at radius 1 is 0.657 bits per heavy atom. The Balaban J connectivity index is 0. The zero-order valence-corrected chi connectivity index (χ0v) is 46.9. The van der Waals surface area contributed by atoms with Crippen LogP contribution in [0.25, 0.3) is 0 Å². The smallest absolute Gasteiger partial charge is 0.240 e. The maximum absolute atomic E-state index is 11.7. The highest BCUT2D eigenvalue weighted by atomic mass is 33.1. The molecule has 3 heterocycles. The zero-order valence-electron chi connectivity index (χ0n) is 42.0. The molecule has 0 atom stereocenters. The van der Waals surface area contributed by atoms with Crippen molar-refractivity contribution in [1.29, 1.82) is 0 Å². The van der Waals surface area contributed by atoms with Gasteiger partial charge in [-0.25, -0.2) is 14.3 Å². The average molecular weight is 1090 g/mol. The number of amides is 4. The summed E-state index contributed by atoms with van der Waals surface area (Å²) in [5, 5.41) is 5.46. The van der Waals surface area contributed by atoms with Crippen molar-refractivity contribution < 1.29 is 24.0 Å². The van der Waals surface area contributed by atoms with Gasteiger partial charge in [0.05, 0.1) is 0 Å². The number of hydrogen-bond donors (Lipinski definition) is 10. The van der Waals surface area contributed by atoms with Gasteiger partial charge in [-0.1, -0.05) is 143 Å². The molecule has 0 bridgehead atoms. The van der Waals surface area contributed by atoms with Gasteiger partial charge in [0, 0.05) is 86.8 Å².